The summed E-state index contributed by atoms with van der Waals surface area (Å²) in [6.45, 7) is 5.76. The van der Waals surface area contributed by atoms with Crippen LogP contribution >= 0.6 is 0 Å². The van der Waals surface area contributed by atoms with Gasteiger partial charge < -0.3 is 4.90 Å². The predicted molar refractivity (Wildman–Crippen MR) is 74.3 cm³/mol. The van der Waals surface area contributed by atoms with Crippen LogP contribution in [0.4, 0.5) is 0 Å². The van der Waals surface area contributed by atoms with Crippen LogP contribution in [0.2, 0.25) is 0 Å². The van der Waals surface area contributed by atoms with Gasteiger partial charge in [-0.1, -0.05) is 32.0 Å². The summed E-state index contributed by atoms with van der Waals surface area (Å²) in [5.41, 5.74) is 0. The maximum atomic E-state index is 11.9. The summed E-state index contributed by atoms with van der Waals surface area (Å²) in [5.74, 6) is 0. The molecule has 0 spiro atoms. The summed E-state index contributed by atoms with van der Waals surface area (Å²) in [6, 6.07) is 8.27. The van der Waals surface area contributed by atoms with Crippen molar-refractivity contribution in [1.82, 2.24) is 4.90 Å². The van der Waals surface area contributed by atoms with Gasteiger partial charge in [0.2, 0.25) is 0 Å². The van der Waals surface area contributed by atoms with Crippen LogP contribution in [0.15, 0.2) is 39.6 Å². The van der Waals surface area contributed by atoms with Gasteiger partial charge in [-0.2, -0.15) is 8.42 Å². The van der Waals surface area contributed by atoms with Gasteiger partial charge in [-0.15, -0.1) is 4.40 Å². The van der Waals surface area contributed by atoms with Crippen LogP contribution in [-0.2, 0) is 10.0 Å². The molecule has 1 aromatic carbocycles. The standard InChI is InChI=1S/C13H20N2O2S/c1-3-10-15(11-4-2)12-14-18(16,17)13-8-6-5-7-9-13/h5-9,12H,3-4,10-11H2,1-2H3. The molecular weight excluding hydrogens is 248 g/mol. The van der Waals surface area contributed by atoms with E-state index in [1.807, 2.05) is 4.90 Å². The molecule has 0 saturated carbocycles. The number of hydrogen-bond acceptors (Lipinski definition) is 2. The maximum absolute atomic E-state index is 11.9. The van der Waals surface area contributed by atoms with Gasteiger partial charge in [0.1, 0.15) is 6.34 Å². The first kappa shape index (κ1) is 14.7. The van der Waals surface area contributed by atoms with E-state index in [9.17, 15) is 8.42 Å². The fraction of sp³-hybridized carbons (Fsp3) is 0.462. The first-order valence-electron chi connectivity index (χ1n) is 6.19. The van der Waals surface area contributed by atoms with E-state index >= 15 is 0 Å². The van der Waals surface area contributed by atoms with Crippen molar-refractivity contribution >= 4 is 16.4 Å². The molecule has 1 aromatic rings. The molecule has 0 atom stereocenters. The highest BCUT2D eigenvalue weighted by molar-refractivity contribution is 7.90. The zero-order valence-corrected chi connectivity index (χ0v) is 11.7. The largest absolute Gasteiger partial charge is 0.362 e. The van der Waals surface area contributed by atoms with Crippen LogP contribution < -0.4 is 0 Å². The molecule has 0 aliphatic carbocycles. The first-order valence-corrected chi connectivity index (χ1v) is 7.63. The quantitative estimate of drug-likeness (QED) is 0.564. The zero-order valence-electron chi connectivity index (χ0n) is 10.9. The molecular formula is C13H20N2O2S. The summed E-state index contributed by atoms with van der Waals surface area (Å²) in [5, 5.41) is 0. The van der Waals surface area contributed by atoms with E-state index in [0.717, 1.165) is 25.9 Å². The summed E-state index contributed by atoms with van der Waals surface area (Å²) in [4.78, 5) is 2.16. The molecule has 0 amide bonds. The lowest BCUT2D eigenvalue weighted by Crippen LogP contribution is -2.24. The van der Waals surface area contributed by atoms with Crippen LogP contribution in [0, 0.1) is 0 Å². The molecule has 18 heavy (non-hydrogen) atoms. The molecule has 1 rings (SSSR count). The van der Waals surface area contributed by atoms with Crippen LogP contribution in [0.3, 0.4) is 0 Å². The Bertz CT molecular complexity index is 463. The van der Waals surface area contributed by atoms with Crippen molar-refractivity contribution < 1.29 is 8.42 Å². The minimum Gasteiger partial charge on any atom is -0.362 e. The van der Waals surface area contributed by atoms with Gasteiger partial charge in [-0.3, -0.25) is 0 Å². The zero-order chi connectivity index (χ0) is 13.4. The normalized spacial score (nSPS) is 11.9. The van der Waals surface area contributed by atoms with Gasteiger partial charge in [0.15, 0.2) is 0 Å². The second kappa shape index (κ2) is 7.16. The van der Waals surface area contributed by atoms with E-state index in [-0.39, 0.29) is 4.90 Å². The van der Waals surface area contributed by atoms with Gasteiger partial charge in [0.25, 0.3) is 10.0 Å². The van der Waals surface area contributed by atoms with Gasteiger partial charge in [-0.25, -0.2) is 0 Å². The molecule has 4 nitrogen and oxygen atoms in total. The smallest absolute Gasteiger partial charge is 0.283 e. The van der Waals surface area contributed by atoms with E-state index < -0.39 is 10.0 Å². The number of hydrogen-bond donors (Lipinski definition) is 0. The van der Waals surface area contributed by atoms with E-state index in [2.05, 4.69) is 18.2 Å². The van der Waals surface area contributed by atoms with Gasteiger partial charge >= 0.3 is 0 Å². The van der Waals surface area contributed by atoms with Crippen molar-refractivity contribution in [1.29, 1.82) is 0 Å². The van der Waals surface area contributed by atoms with E-state index in [1.165, 1.54) is 6.34 Å². The Morgan fingerprint density at radius 3 is 2.17 bits per heavy atom. The second-order valence-corrected chi connectivity index (χ2v) is 5.68. The van der Waals surface area contributed by atoms with Crippen LogP contribution in [-0.4, -0.2) is 32.7 Å². The van der Waals surface area contributed by atoms with Crippen LogP contribution in [0.25, 0.3) is 0 Å². The van der Waals surface area contributed by atoms with Crippen molar-refractivity contribution in [2.45, 2.75) is 31.6 Å². The topological polar surface area (TPSA) is 49.7 Å². The van der Waals surface area contributed by atoms with E-state index in [4.69, 9.17) is 0 Å². The number of sulfonamides is 1. The van der Waals surface area contributed by atoms with Crippen LogP contribution in [0.1, 0.15) is 26.7 Å². The predicted octanol–water partition coefficient (Wildman–Crippen LogP) is 2.53. The Balaban J connectivity index is 2.81. The van der Waals surface area contributed by atoms with Crippen molar-refractivity contribution in [3.63, 3.8) is 0 Å². The molecule has 0 aliphatic heterocycles. The number of benzene rings is 1. The van der Waals surface area contributed by atoms with Crippen LogP contribution in [0.5, 0.6) is 0 Å². The van der Waals surface area contributed by atoms with E-state index in [1.54, 1.807) is 30.3 Å². The molecule has 100 valence electrons. The average Bonchev–Trinajstić information content (AvgIpc) is 2.38. The molecule has 0 unspecified atom stereocenters. The molecule has 5 heteroatoms. The lowest BCUT2D eigenvalue weighted by molar-refractivity contribution is 0.429. The molecule has 0 N–H and O–H groups in total. The molecule has 0 fully saturated rings. The fourth-order valence-electron chi connectivity index (χ4n) is 1.58. The molecule has 0 aromatic heterocycles. The first-order chi connectivity index (χ1) is 8.60. The Morgan fingerprint density at radius 1 is 1.11 bits per heavy atom. The Kier molecular flexibility index (Phi) is 5.85. The Morgan fingerprint density at radius 2 is 1.67 bits per heavy atom. The third-order valence-corrected chi connectivity index (χ3v) is 3.65. The summed E-state index contributed by atoms with van der Waals surface area (Å²) in [6.07, 6.45) is 3.38. The van der Waals surface area contributed by atoms with Gasteiger partial charge in [-0.05, 0) is 25.0 Å². The average molecular weight is 268 g/mol. The van der Waals surface area contributed by atoms with E-state index in [0.29, 0.717) is 0 Å². The summed E-state index contributed by atoms with van der Waals surface area (Å²) < 4.78 is 27.6. The Hall–Kier alpha value is -1.36. The maximum Gasteiger partial charge on any atom is 0.283 e. The molecule has 0 aliphatic rings. The highest BCUT2D eigenvalue weighted by atomic mass is 32.2. The molecule has 0 saturated heterocycles. The lowest BCUT2D eigenvalue weighted by atomic mass is 10.4. The SMILES string of the molecule is CCCN(C=NS(=O)(=O)c1ccccc1)CCC. The molecule has 0 heterocycles. The third kappa shape index (κ3) is 4.49. The van der Waals surface area contributed by atoms with Crippen molar-refractivity contribution in [3.8, 4) is 0 Å². The van der Waals surface area contributed by atoms with Gasteiger partial charge in [0, 0.05) is 13.1 Å². The minimum absolute atomic E-state index is 0.231. The number of nitrogens with zero attached hydrogens (tertiary/aromatic N) is 2. The minimum atomic E-state index is -3.56. The highest BCUT2D eigenvalue weighted by Gasteiger charge is 2.10. The van der Waals surface area contributed by atoms with Gasteiger partial charge in [0.05, 0.1) is 4.90 Å². The Labute approximate surface area is 109 Å². The van der Waals surface area contributed by atoms with Crippen molar-refractivity contribution in [3.05, 3.63) is 30.3 Å². The summed E-state index contributed by atoms with van der Waals surface area (Å²) in [7, 11) is -3.56. The second-order valence-electron chi connectivity index (χ2n) is 4.04. The molecule has 0 bridgehead atoms. The fourth-order valence-corrected chi connectivity index (χ4v) is 2.46. The monoisotopic (exact) mass is 268 g/mol. The van der Waals surface area contributed by atoms with Crippen molar-refractivity contribution in [2.75, 3.05) is 13.1 Å². The number of rotatable bonds is 7. The third-order valence-electron chi connectivity index (χ3n) is 2.41. The van der Waals surface area contributed by atoms with Crippen molar-refractivity contribution in [2.24, 2.45) is 4.40 Å². The highest BCUT2D eigenvalue weighted by Crippen LogP contribution is 2.10. The lowest BCUT2D eigenvalue weighted by Gasteiger charge is -2.16. The summed E-state index contributed by atoms with van der Waals surface area (Å²) >= 11 is 0. The molecule has 0 radical (unpaired) electrons.